The Bertz CT molecular complexity index is 1140. The van der Waals surface area contributed by atoms with Crippen LogP contribution in [0.25, 0.3) is 0 Å². The summed E-state index contributed by atoms with van der Waals surface area (Å²) in [5.41, 5.74) is 4.06. The number of hydrazone groups is 1. The summed E-state index contributed by atoms with van der Waals surface area (Å²) in [7, 11) is 1.53. The maximum Gasteiger partial charge on any atom is 0.271 e. The first-order valence-corrected chi connectivity index (χ1v) is 10.6. The van der Waals surface area contributed by atoms with Crippen LogP contribution >= 0.6 is 27.5 Å². The van der Waals surface area contributed by atoms with Crippen molar-refractivity contribution in [1.29, 1.82) is 0 Å². The fourth-order valence-corrected chi connectivity index (χ4v) is 3.12. The Hall–Kier alpha value is -3.36. The summed E-state index contributed by atoms with van der Waals surface area (Å²) in [6.45, 7) is -0.207. The van der Waals surface area contributed by atoms with Gasteiger partial charge in [-0.1, -0.05) is 33.6 Å². The van der Waals surface area contributed by atoms with Gasteiger partial charge >= 0.3 is 0 Å². The third-order valence-corrected chi connectivity index (χ3v) is 4.91. The zero-order chi connectivity index (χ0) is 22.9. The molecule has 0 bridgehead atoms. The van der Waals surface area contributed by atoms with Gasteiger partial charge in [0, 0.05) is 26.3 Å². The standard InChI is InChI=1S/C23H19BrClN3O4/c1-31-20-4-2-3-15(12-20)23(30)28-26-13-16-11-17(24)5-10-21(16)32-14-22(29)27-19-8-6-18(25)7-9-19/h2-13H,14H2,1H3,(H,27,29)(H,28,30)/b26-13+. The van der Waals surface area contributed by atoms with Crippen LogP contribution in [0, 0.1) is 0 Å². The second-order valence-corrected chi connectivity index (χ2v) is 7.81. The predicted molar refractivity (Wildman–Crippen MR) is 128 cm³/mol. The SMILES string of the molecule is COc1cccc(C(=O)N/N=C/c2cc(Br)ccc2OCC(=O)Nc2ccc(Cl)cc2)c1. The molecule has 3 rings (SSSR count). The van der Waals surface area contributed by atoms with Crippen LogP contribution in [0.3, 0.4) is 0 Å². The molecule has 2 amide bonds. The van der Waals surface area contributed by atoms with Gasteiger partial charge in [0.2, 0.25) is 0 Å². The molecule has 32 heavy (non-hydrogen) atoms. The largest absolute Gasteiger partial charge is 0.497 e. The number of rotatable bonds is 8. The van der Waals surface area contributed by atoms with Crippen LogP contribution in [0.15, 0.2) is 76.3 Å². The maximum absolute atomic E-state index is 12.3. The molecule has 0 fully saturated rings. The number of benzene rings is 3. The Labute approximate surface area is 198 Å². The number of amides is 2. The molecule has 164 valence electrons. The number of carbonyl (C=O) groups excluding carboxylic acids is 2. The van der Waals surface area contributed by atoms with Crippen molar-refractivity contribution in [2.75, 3.05) is 19.0 Å². The average molecular weight is 517 g/mol. The Balaban J connectivity index is 1.62. The van der Waals surface area contributed by atoms with Gasteiger partial charge in [-0.3, -0.25) is 9.59 Å². The van der Waals surface area contributed by atoms with Crippen molar-refractivity contribution in [2.45, 2.75) is 0 Å². The topological polar surface area (TPSA) is 89.0 Å². The second-order valence-electron chi connectivity index (χ2n) is 6.46. The van der Waals surface area contributed by atoms with Gasteiger partial charge in [-0.05, 0) is 60.7 Å². The number of nitrogens with one attached hydrogen (secondary N) is 2. The number of hydrogen-bond donors (Lipinski definition) is 2. The lowest BCUT2D eigenvalue weighted by Crippen LogP contribution is -2.20. The van der Waals surface area contributed by atoms with Crippen molar-refractivity contribution in [3.63, 3.8) is 0 Å². The normalized spacial score (nSPS) is 10.6. The van der Waals surface area contributed by atoms with E-state index in [9.17, 15) is 9.59 Å². The van der Waals surface area contributed by atoms with Gasteiger partial charge in [-0.25, -0.2) is 5.43 Å². The van der Waals surface area contributed by atoms with E-state index in [1.54, 1.807) is 66.7 Å². The molecule has 0 unspecified atom stereocenters. The summed E-state index contributed by atoms with van der Waals surface area (Å²) < 4.78 is 11.5. The minimum atomic E-state index is -0.389. The summed E-state index contributed by atoms with van der Waals surface area (Å²) >= 11 is 9.24. The molecule has 0 radical (unpaired) electrons. The number of methoxy groups -OCH3 is 1. The van der Waals surface area contributed by atoms with Gasteiger partial charge in [-0.2, -0.15) is 5.10 Å². The van der Waals surface area contributed by atoms with Gasteiger partial charge < -0.3 is 14.8 Å². The van der Waals surface area contributed by atoms with Gasteiger partial charge in [0.05, 0.1) is 13.3 Å². The molecule has 7 nitrogen and oxygen atoms in total. The highest BCUT2D eigenvalue weighted by Crippen LogP contribution is 2.22. The molecule has 0 aliphatic carbocycles. The van der Waals surface area contributed by atoms with Crippen LogP contribution in [-0.2, 0) is 4.79 Å². The van der Waals surface area contributed by atoms with E-state index in [2.05, 4.69) is 31.8 Å². The van der Waals surface area contributed by atoms with Crippen molar-refractivity contribution in [2.24, 2.45) is 5.10 Å². The van der Waals surface area contributed by atoms with Crippen molar-refractivity contribution in [3.05, 3.63) is 87.4 Å². The first-order chi connectivity index (χ1) is 15.4. The molecule has 2 N–H and O–H groups in total. The molecule has 0 aliphatic heterocycles. The Morgan fingerprint density at radius 2 is 1.88 bits per heavy atom. The summed E-state index contributed by atoms with van der Waals surface area (Å²) in [4.78, 5) is 24.5. The van der Waals surface area contributed by atoms with Crippen LogP contribution in [0.4, 0.5) is 5.69 Å². The predicted octanol–water partition coefficient (Wildman–Crippen LogP) is 4.89. The van der Waals surface area contributed by atoms with E-state index in [4.69, 9.17) is 21.1 Å². The molecule has 0 aliphatic rings. The minimum absolute atomic E-state index is 0.207. The third-order valence-electron chi connectivity index (χ3n) is 4.16. The lowest BCUT2D eigenvalue weighted by atomic mass is 10.2. The molecule has 0 saturated carbocycles. The average Bonchev–Trinajstić information content (AvgIpc) is 2.80. The van der Waals surface area contributed by atoms with Crippen LogP contribution < -0.4 is 20.2 Å². The third kappa shape index (κ3) is 6.83. The highest BCUT2D eigenvalue weighted by Gasteiger charge is 2.09. The quantitative estimate of drug-likeness (QED) is 0.329. The van der Waals surface area contributed by atoms with Crippen LogP contribution in [-0.4, -0.2) is 31.7 Å². The van der Waals surface area contributed by atoms with E-state index in [-0.39, 0.29) is 18.4 Å². The molecule has 9 heteroatoms. The number of nitrogens with zero attached hydrogens (tertiary/aromatic N) is 1. The number of ether oxygens (including phenoxy) is 2. The fourth-order valence-electron chi connectivity index (χ4n) is 2.61. The Morgan fingerprint density at radius 3 is 2.62 bits per heavy atom. The molecule has 0 aromatic heterocycles. The maximum atomic E-state index is 12.3. The molecular weight excluding hydrogens is 498 g/mol. The molecule has 0 spiro atoms. The lowest BCUT2D eigenvalue weighted by molar-refractivity contribution is -0.118. The van der Waals surface area contributed by atoms with Crippen LogP contribution in [0.2, 0.25) is 5.02 Å². The molecular formula is C23H19BrClN3O4. The van der Waals surface area contributed by atoms with Crippen molar-refractivity contribution < 1.29 is 19.1 Å². The molecule has 0 saturated heterocycles. The monoisotopic (exact) mass is 515 g/mol. The van der Waals surface area contributed by atoms with Gasteiger partial charge in [0.25, 0.3) is 11.8 Å². The van der Waals surface area contributed by atoms with E-state index in [1.807, 2.05) is 0 Å². The number of carbonyl (C=O) groups is 2. The molecule has 3 aromatic carbocycles. The summed E-state index contributed by atoms with van der Waals surface area (Å²) in [5, 5.41) is 7.30. The number of halogens is 2. The Kier molecular flexibility index (Phi) is 8.24. The van der Waals surface area contributed by atoms with Crippen molar-refractivity contribution in [1.82, 2.24) is 5.43 Å². The van der Waals surface area contributed by atoms with Gasteiger partial charge in [-0.15, -0.1) is 0 Å². The van der Waals surface area contributed by atoms with Crippen molar-refractivity contribution in [3.8, 4) is 11.5 Å². The van der Waals surface area contributed by atoms with E-state index >= 15 is 0 Å². The molecule has 3 aromatic rings. The zero-order valence-corrected chi connectivity index (χ0v) is 19.3. The number of hydrogen-bond acceptors (Lipinski definition) is 5. The summed E-state index contributed by atoms with van der Waals surface area (Å²) in [6.07, 6.45) is 1.44. The zero-order valence-electron chi connectivity index (χ0n) is 17.0. The van der Waals surface area contributed by atoms with E-state index in [0.717, 1.165) is 4.47 Å². The number of anilines is 1. The van der Waals surface area contributed by atoms with Crippen LogP contribution in [0.1, 0.15) is 15.9 Å². The molecule has 0 atom stereocenters. The highest BCUT2D eigenvalue weighted by molar-refractivity contribution is 9.10. The van der Waals surface area contributed by atoms with E-state index in [0.29, 0.717) is 33.3 Å². The lowest BCUT2D eigenvalue weighted by Gasteiger charge is -2.10. The Morgan fingerprint density at radius 1 is 1.09 bits per heavy atom. The van der Waals surface area contributed by atoms with E-state index < -0.39 is 0 Å². The minimum Gasteiger partial charge on any atom is -0.497 e. The smallest absolute Gasteiger partial charge is 0.271 e. The first-order valence-electron chi connectivity index (χ1n) is 9.40. The summed E-state index contributed by atoms with van der Waals surface area (Å²) in [5.74, 6) is 0.282. The first kappa shape index (κ1) is 23.3. The second kappa shape index (κ2) is 11.3. The van der Waals surface area contributed by atoms with Crippen molar-refractivity contribution >= 4 is 51.2 Å². The van der Waals surface area contributed by atoms with Crippen LogP contribution in [0.5, 0.6) is 11.5 Å². The fraction of sp³-hybridized carbons (Fsp3) is 0.0870. The molecule has 0 heterocycles. The van der Waals surface area contributed by atoms with Gasteiger partial charge in [0.1, 0.15) is 11.5 Å². The summed E-state index contributed by atoms with van der Waals surface area (Å²) in [6, 6.07) is 18.7. The van der Waals surface area contributed by atoms with Gasteiger partial charge in [0.15, 0.2) is 6.61 Å². The highest BCUT2D eigenvalue weighted by atomic mass is 79.9. The van der Waals surface area contributed by atoms with E-state index in [1.165, 1.54) is 13.3 Å².